The number of carbonyl (C=O) groups excluding carboxylic acids is 1. The highest BCUT2D eigenvalue weighted by molar-refractivity contribution is 9.09. The van der Waals surface area contributed by atoms with Crippen molar-refractivity contribution in [1.29, 1.82) is 0 Å². The highest BCUT2D eigenvalue weighted by Gasteiger charge is 2.22. The molecular formula is C9H15BrO2. The molecule has 2 nitrogen and oxygen atoms in total. The highest BCUT2D eigenvalue weighted by Crippen LogP contribution is 2.33. The summed E-state index contributed by atoms with van der Waals surface area (Å²) in [5.41, 5.74) is 0. The number of esters is 1. The topological polar surface area (TPSA) is 26.3 Å². The van der Waals surface area contributed by atoms with Crippen molar-refractivity contribution in [1.82, 2.24) is 0 Å². The smallest absolute Gasteiger partial charge is 0.305 e. The quantitative estimate of drug-likeness (QED) is 0.540. The summed E-state index contributed by atoms with van der Waals surface area (Å²) < 4.78 is 5.00. The largest absolute Gasteiger partial charge is 0.464 e. The third-order valence-corrected chi connectivity index (χ3v) is 2.19. The van der Waals surface area contributed by atoms with E-state index in [9.17, 15) is 4.79 Å². The van der Waals surface area contributed by atoms with Crippen LogP contribution in [0.3, 0.4) is 0 Å². The van der Waals surface area contributed by atoms with E-state index in [1.54, 1.807) is 0 Å². The molecular weight excluding hydrogens is 220 g/mol. The molecule has 0 bridgehead atoms. The number of halogens is 1. The average molecular weight is 235 g/mol. The summed E-state index contributed by atoms with van der Waals surface area (Å²) in [5, 5.41) is 0. The van der Waals surface area contributed by atoms with E-state index in [4.69, 9.17) is 4.74 Å². The Morgan fingerprint density at radius 1 is 1.67 bits per heavy atom. The van der Waals surface area contributed by atoms with Crippen LogP contribution in [0, 0.1) is 5.92 Å². The molecule has 0 amide bonds. The van der Waals surface area contributed by atoms with E-state index in [0.29, 0.717) is 13.0 Å². The Balaban J connectivity index is 1.95. The second kappa shape index (κ2) is 4.85. The van der Waals surface area contributed by atoms with E-state index in [1.807, 2.05) is 6.92 Å². The molecule has 0 spiro atoms. The number of hydrogen-bond donors (Lipinski definition) is 0. The van der Waals surface area contributed by atoms with Gasteiger partial charge in [-0.1, -0.05) is 28.8 Å². The van der Waals surface area contributed by atoms with Gasteiger partial charge in [0.25, 0.3) is 0 Å². The van der Waals surface area contributed by atoms with Crippen LogP contribution >= 0.6 is 15.9 Å². The fourth-order valence-electron chi connectivity index (χ4n) is 1.01. The molecule has 1 aliphatic rings. The van der Waals surface area contributed by atoms with Gasteiger partial charge in [-0.3, -0.25) is 4.79 Å². The molecule has 0 saturated heterocycles. The number of alkyl halides is 1. The molecule has 0 aromatic rings. The van der Waals surface area contributed by atoms with Crippen LogP contribution in [0.1, 0.15) is 32.6 Å². The zero-order valence-electron chi connectivity index (χ0n) is 7.38. The number of ether oxygens (including phenoxy) is 1. The minimum Gasteiger partial charge on any atom is -0.464 e. The van der Waals surface area contributed by atoms with Crippen molar-refractivity contribution in [3.8, 4) is 0 Å². The van der Waals surface area contributed by atoms with E-state index in [-0.39, 0.29) is 10.8 Å². The molecule has 0 heterocycles. The Morgan fingerprint density at radius 2 is 2.33 bits per heavy atom. The van der Waals surface area contributed by atoms with Crippen LogP contribution < -0.4 is 0 Å². The SMILES string of the molecule is CC(Br)COC(=O)CCC1CC1. The van der Waals surface area contributed by atoms with Gasteiger partial charge in [-0.2, -0.15) is 0 Å². The summed E-state index contributed by atoms with van der Waals surface area (Å²) in [6.45, 7) is 2.46. The molecule has 1 saturated carbocycles. The van der Waals surface area contributed by atoms with Gasteiger partial charge < -0.3 is 4.74 Å². The third-order valence-electron chi connectivity index (χ3n) is 1.93. The molecule has 0 N–H and O–H groups in total. The van der Waals surface area contributed by atoms with Crippen molar-refractivity contribution < 1.29 is 9.53 Å². The Labute approximate surface area is 81.8 Å². The summed E-state index contributed by atoms with van der Waals surface area (Å²) in [7, 11) is 0. The first kappa shape index (κ1) is 10.0. The summed E-state index contributed by atoms with van der Waals surface area (Å²) in [6, 6.07) is 0. The third kappa shape index (κ3) is 4.75. The number of carbonyl (C=O) groups is 1. The molecule has 0 radical (unpaired) electrons. The van der Waals surface area contributed by atoms with E-state index >= 15 is 0 Å². The summed E-state index contributed by atoms with van der Waals surface area (Å²) in [5.74, 6) is 0.771. The summed E-state index contributed by atoms with van der Waals surface area (Å²) in [6.07, 6.45) is 4.24. The van der Waals surface area contributed by atoms with E-state index < -0.39 is 0 Å². The van der Waals surface area contributed by atoms with Crippen molar-refractivity contribution in [2.75, 3.05) is 6.61 Å². The van der Waals surface area contributed by atoms with E-state index in [1.165, 1.54) is 12.8 Å². The maximum Gasteiger partial charge on any atom is 0.305 e. The molecule has 1 fully saturated rings. The molecule has 0 aliphatic heterocycles. The van der Waals surface area contributed by atoms with Crippen molar-refractivity contribution in [2.24, 2.45) is 5.92 Å². The summed E-state index contributed by atoms with van der Waals surface area (Å²) in [4.78, 5) is 11.3. The van der Waals surface area contributed by atoms with Crippen molar-refractivity contribution in [3.05, 3.63) is 0 Å². The van der Waals surface area contributed by atoms with Gasteiger partial charge in [0.2, 0.25) is 0 Å². The number of hydrogen-bond acceptors (Lipinski definition) is 2. The Hall–Kier alpha value is -0.0500. The maximum atomic E-state index is 11.0. The standard InChI is InChI=1S/C9H15BrO2/c1-7(10)6-12-9(11)5-4-8-2-3-8/h7-8H,2-6H2,1H3. The Morgan fingerprint density at radius 3 is 2.83 bits per heavy atom. The van der Waals surface area contributed by atoms with E-state index in [2.05, 4.69) is 15.9 Å². The average Bonchev–Trinajstić information content (AvgIpc) is 2.80. The molecule has 1 rings (SSSR count). The maximum absolute atomic E-state index is 11.0. The highest BCUT2D eigenvalue weighted by atomic mass is 79.9. The van der Waals surface area contributed by atoms with Crippen LogP contribution in [-0.4, -0.2) is 17.4 Å². The summed E-state index contributed by atoms with van der Waals surface area (Å²) >= 11 is 3.32. The predicted molar refractivity (Wildman–Crippen MR) is 51.3 cm³/mol. The minimum atomic E-state index is -0.0480. The van der Waals surface area contributed by atoms with Gasteiger partial charge in [0.15, 0.2) is 0 Å². The van der Waals surface area contributed by atoms with Crippen LogP contribution in [0.5, 0.6) is 0 Å². The van der Waals surface area contributed by atoms with Gasteiger partial charge in [-0.05, 0) is 19.3 Å². The molecule has 3 heteroatoms. The van der Waals surface area contributed by atoms with Crippen LogP contribution in [0.25, 0.3) is 0 Å². The fraction of sp³-hybridized carbons (Fsp3) is 0.889. The molecule has 1 unspecified atom stereocenters. The van der Waals surface area contributed by atoms with Gasteiger partial charge in [0, 0.05) is 11.2 Å². The van der Waals surface area contributed by atoms with Crippen molar-refractivity contribution in [2.45, 2.75) is 37.4 Å². The van der Waals surface area contributed by atoms with E-state index in [0.717, 1.165) is 12.3 Å². The second-order valence-electron chi connectivity index (χ2n) is 3.45. The van der Waals surface area contributed by atoms with Crippen LogP contribution in [0.4, 0.5) is 0 Å². The molecule has 0 aromatic heterocycles. The predicted octanol–water partition coefficient (Wildman–Crippen LogP) is 2.50. The van der Waals surface area contributed by atoms with Gasteiger partial charge in [-0.25, -0.2) is 0 Å². The molecule has 12 heavy (non-hydrogen) atoms. The van der Waals surface area contributed by atoms with Crippen molar-refractivity contribution >= 4 is 21.9 Å². The van der Waals surface area contributed by atoms with Crippen molar-refractivity contribution in [3.63, 3.8) is 0 Å². The zero-order valence-corrected chi connectivity index (χ0v) is 8.97. The van der Waals surface area contributed by atoms with Crippen LogP contribution in [0.15, 0.2) is 0 Å². The first-order chi connectivity index (χ1) is 5.68. The lowest BCUT2D eigenvalue weighted by molar-refractivity contribution is -0.143. The lowest BCUT2D eigenvalue weighted by atomic mass is 10.2. The first-order valence-corrected chi connectivity index (χ1v) is 5.39. The normalized spacial score (nSPS) is 18.8. The molecule has 70 valence electrons. The number of rotatable bonds is 5. The van der Waals surface area contributed by atoms with Gasteiger partial charge in [0.1, 0.15) is 6.61 Å². The Bertz CT molecular complexity index is 145. The zero-order chi connectivity index (χ0) is 8.97. The molecule has 1 aliphatic carbocycles. The molecule has 1 atom stereocenters. The van der Waals surface area contributed by atoms with Gasteiger partial charge in [-0.15, -0.1) is 0 Å². The lowest BCUT2D eigenvalue weighted by Crippen LogP contribution is -2.11. The molecule has 0 aromatic carbocycles. The lowest BCUT2D eigenvalue weighted by Gasteiger charge is -2.05. The van der Waals surface area contributed by atoms with Gasteiger partial charge >= 0.3 is 5.97 Å². The van der Waals surface area contributed by atoms with Crippen LogP contribution in [0.2, 0.25) is 0 Å². The fourth-order valence-corrected chi connectivity index (χ4v) is 1.14. The minimum absolute atomic E-state index is 0.0480. The second-order valence-corrected chi connectivity index (χ2v) is 5.01. The monoisotopic (exact) mass is 234 g/mol. The van der Waals surface area contributed by atoms with Crippen LogP contribution in [-0.2, 0) is 9.53 Å². The Kier molecular flexibility index (Phi) is 4.06. The van der Waals surface area contributed by atoms with Gasteiger partial charge in [0.05, 0.1) is 0 Å². The first-order valence-electron chi connectivity index (χ1n) is 4.48.